The summed E-state index contributed by atoms with van der Waals surface area (Å²) in [6.45, 7) is 1.76. The highest BCUT2D eigenvalue weighted by atomic mass is 16.5. The van der Waals surface area contributed by atoms with E-state index in [-0.39, 0.29) is 12.3 Å². The maximum atomic E-state index is 11.6. The van der Waals surface area contributed by atoms with Crippen LogP contribution in [-0.2, 0) is 11.3 Å². The van der Waals surface area contributed by atoms with Gasteiger partial charge in [0, 0.05) is 19.2 Å². The molecule has 0 spiro atoms. The van der Waals surface area contributed by atoms with E-state index in [0.29, 0.717) is 31.2 Å². The highest BCUT2D eigenvalue weighted by Crippen LogP contribution is 2.25. The standard InChI is InChI=1S/C17H22N4O3/c1-18-15(22)10-17(23)8-5-9-21(12-17)11-14-19-16(24-20-14)13-6-3-2-4-7-13/h2-4,6-7,23H,5,8-12H2,1H3,(H,18,22). The molecule has 7 nitrogen and oxygen atoms in total. The van der Waals surface area contributed by atoms with Crippen molar-refractivity contribution in [2.24, 2.45) is 0 Å². The first-order valence-corrected chi connectivity index (χ1v) is 8.11. The van der Waals surface area contributed by atoms with Gasteiger partial charge in [-0.15, -0.1) is 0 Å². The van der Waals surface area contributed by atoms with Crippen LogP contribution in [0.15, 0.2) is 34.9 Å². The number of amides is 1. The van der Waals surface area contributed by atoms with E-state index in [1.54, 1.807) is 7.05 Å². The molecule has 0 aliphatic carbocycles. The molecule has 24 heavy (non-hydrogen) atoms. The highest BCUT2D eigenvalue weighted by Gasteiger charge is 2.35. The molecule has 128 valence electrons. The van der Waals surface area contributed by atoms with E-state index >= 15 is 0 Å². The van der Waals surface area contributed by atoms with Crippen LogP contribution in [0.5, 0.6) is 0 Å². The first-order valence-electron chi connectivity index (χ1n) is 8.11. The van der Waals surface area contributed by atoms with Crippen molar-refractivity contribution >= 4 is 5.91 Å². The lowest BCUT2D eigenvalue weighted by Gasteiger charge is -2.38. The predicted molar refractivity (Wildman–Crippen MR) is 87.9 cm³/mol. The number of hydrogen-bond donors (Lipinski definition) is 2. The topological polar surface area (TPSA) is 91.5 Å². The second-order valence-electron chi connectivity index (χ2n) is 6.27. The molecule has 1 fully saturated rings. The van der Waals surface area contributed by atoms with Gasteiger partial charge in [-0.25, -0.2) is 0 Å². The van der Waals surface area contributed by atoms with Crippen LogP contribution in [0.1, 0.15) is 25.1 Å². The summed E-state index contributed by atoms with van der Waals surface area (Å²) in [4.78, 5) is 18.1. The average molecular weight is 330 g/mol. The Balaban J connectivity index is 1.64. The maximum absolute atomic E-state index is 11.6. The Labute approximate surface area is 140 Å². The molecule has 1 aromatic carbocycles. The lowest BCUT2D eigenvalue weighted by molar-refractivity contribution is -0.128. The van der Waals surface area contributed by atoms with E-state index in [1.165, 1.54) is 0 Å². The lowest BCUT2D eigenvalue weighted by atomic mass is 9.89. The number of benzene rings is 1. The number of rotatable bonds is 5. The van der Waals surface area contributed by atoms with E-state index in [1.807, 2.05) is 30.3 Å². The summed E-state index contributed by atoms with van der Waals surface area (Å²) >= 11 is 0. The number of aliphatic hydroxyl groups is 1. The van der Waals surface area contributed by atoms with Crippen molar-refractivity contribution in [3.8, 4) is 11.5 Å². The van der Waals surface area contributed by atoms with Crippen LogP contribution in [0.3, 0.4) is 0 Å². The molecule has 0 saturated carbocycles. The zero-order chi connectivity index (χ0) is 17.0. The Hall–Kier alpha value is -2.25. The van der Waals surface area contributed by atoms with Crippen LogP contribution in [0.2, 0.25) is 0 Å². The quantitative estimate of drug-likeness (QED) is 0.856. The number of piperidine rings is 1. The highest BCUT2D eigenvalue weighted by molar-refractivity contribution is 5.76. The molecular formula is C17H22N4O3. The molecule has 2 heterocycles. The second kappa shape index (κ2) is 7.11. The molecule has 1 aromatic heterocycles. The van der Waals surface area contributed by atoms with Crippen molar-refractivity contribution in [1.29, 1.82) is 0 Å². The first kappa shape index (κ1) is 16.6. The fourth-order valence-electron chi connectivity index (χ4n) is 3.09. The smallest absolute Gasteiger partial charge is 0.257 e. The van der Waals surface area contributed by atoms with Crippen LogP contribution >= 0.6 is 0 Å². The number of likely N-dealkylation sites (tertiary alicyclic amines) is 1. The molecular weight excluding hydrogens is 308 g/mol. The predicted octanol–water partition coefficient (Wildman–Crippen LogP) is 1.20. The Morgan fingerprint density at radius 3 is 2.96 bits per heavy atom. The van der Waals surface area contributed by atoms with E-state index in [9.17, 15) is 9.90 Å². The normalized spacial score (nSPS) is 21.6. The number of carbonyl (C=O) groups excluding carboxylic acids is 1. The largest absolute Gasteiger partial charge is 0.388 e. The van der Waals surface area contributed by atoms with Gasteiger partial charge in [0.15, 0.2) is 5.82 Å². The lowest BCUT2D eigenvalue weighted by Crippen LogP contribution is -2.50. The molecule has 1 atom stereocenters. The molecule has 1 aliphatic rings. The minimum Gasteiger partial charge on any atom is -0.388 e. The molecule has 1 amide bonds. The number of nitrogens with one attached hydrogen (secondary N) is 1. The second-order valence-corrected chi connectivity index (χ2v) is 6.27. The van der Waals surface area contributed by atoms with Crippen LogP contribution < -0.4 is 5.32 Å². The van der Waals surface area contributed by atoms with Crippen LogP contribution in [0.4, 0.5) is 0 Å². The van der Waals surface area contributed by atoms with E-state index in [2.05, 4.69) is 20.4 Å². The molecule has 1 saturated heterocycles. The van der Waals surface area contributed by atoms with Gasteiger partial charge >= 0.3 is 0 Å². The number of carbonyl (C=O) groups is 1. The van der Waals surface area contributed by atoms with Crippen molar-refractivity contribution in [2.45, 2.75) is 31.4 Å². The molecule has 2 aromatic rings. The van der Waals surface area contributed by atoms with Crippen LogP contribution in [-0.4, -0.2) is 51.8 Å². The SMILES string of the molecule is CNC(=O)CC1(O)CCCN(Cc2noc(-c3ccccc3)n2)C1. The molecule has 0 radical (unpaired) electrons. The van der Waals surface area contributed by atoms with Gasteiger partial charge in [-0.1, -0.05) is 23.4 Å². The zero-order valence-electron chi connectivity index (χ0n) is 13.7. The summed E-state index contributed by atoms with van der Waals surface area (Å²) in [6, 6.07) is 9.61. The molecule has 0 bridgehead atoms. The van der Waals surface area contributed by atoms with Crippen molar-refractivity contribution < 1.29 is 14.4 Å². The number of nitrogens with zero attached hydrogens (tertiary/aromatic N) is 3. The molecule has 1 aliphatic heterocycles. The maximum Gasteiger partial charge on any atom is 0.257 e. The average Bonchev–Trinajstić information content (AvgIpc) is 3.03. The Morgan fingerprint density at radius 1 is 1.42 bits per heavy atom. The third-order valence-corrected chi connectivity index (χ3v) is 4.26. The third kappa shape index (κ3) is 3.98. The number of β-amino-alcohol motifs (C(OH)–C–C–N with tert-alkyl or cyclic N) is 1. The van der Waals surface area contributed by atoms with E-state index in [4.69, 9.17) is 4.52 Å². The Bertz CT molecular complexity index is 688. The van der Waals surface area contributed by atoms with Gasteiger partial charge in [0.05, 0.1) is 18.6 Å². The van der Waals surface area contributed by atoms with Crippen molar-refractivity contribution in [1.82, 2.24) is 20.4 Å². The summed E-state index contributed by atoms with van der Waals surface area (Å²) in [7, 11) is 1.58. The van der Waals surface area contributed by atoms with E-state index < -0.39 is 5.60 Å². The number of aromatic nitrogens is 2. The summed E-state index contributed by atoms with van der Waals surface area (Å²) in [5.74, 6) is 0.923. The van der Waals surface area contributed by atoms with Crippen molar-refractivity contribution in [3.63, 3.8) is 0 Å². The third-order valence-electron chi connectivity index (χ3n) is 4.26. The van der Waals surface area contributed by atoms with Crippen LogP contribution in [0.25, 0.3) is 11.5 Å². The molecule has 1 unspecified atom stereocenters. The van der Waals surface area contributed by atoms with Crippen molar-refractivity contribution in [3.05, 3.63) is 36.2 Å². The van der Waals surface area contributed by atoms with E-state index in [0.717, 1.165) is 18.5 Å². The van der Waals surface area contributed by atoms with Gasteiger partial charge in [-0.05, 0) is 31.5 Å². The minimum atomic E-state index is -0.996. The Morgan fingerprint density at radius 2 is 2.21 bits per heavy atom. The van der Waals surface area contributed by atoms with Gasteiger partial charge in [0.1, 0.15) is 0 Å². The summed E-state index contributed by atoms with van der Waals surface area (Å²) in [5.41, 5.74) is -0.115. The fourth-order valence-corrected chi connectivity index (χ4v) is 3.09. The van der Waals surface area contributed by atoms with Crippen molar-refractivity contribution in [2.75, 3.05) is 20.1 Å². The zero-order valence-corrected chi connectivity index (χ0v) is 13.7. The summed E-state index contributed by atoms with van der Waals surface area (Å²) < 4.78 is 5.31. The van der Waals surface area contributed by atoms with Crippen LogP contribution in [0, 0.1) is 0 Å². The van der Waals surface area contributed by atoms with Gasteiger partial charge in [0.2, 0.25) is 5.91 Å². The first-order chi connectivity index (χ1) is 11.6. The molecule has 3 rings (SSSR count). The minimum absolute atomic E-state index is 0.113. The number of hydrogen-bond acceptors (Lipinski definition) is 6. The van der Waals surface area contributed by atoms with Gasteiger partial charge < -0.3 is 14.9 Å². The molecule has 2 N–H and O–H groups in total. The summed E-state index contributed by atoms with van der Waals surface area (Å²) in [5, 5.41) is 17.2. The van der Waals surface area contributed by atoms with Gasteiger partial charge in [-0.2, -0.15) is 4.98 Å². The molecule has 7 heteroatoms. The summed E-state index contributed by atoms with van der Waals surface area (Å²) in [6.07, 6.45) is 1.57. The Kier molecular flexibility index (Phi) is 4.92. The van der Waals surface area contributed by atoms with Gasteiger partial charge in [-0.3, -0.25) is 9.69 Å². The fraction of sp³-hybridized carbons (Fsp3) is 0.471. The monoisotopic (exact) mass is 330 g/mol. The van der Waals surface area contributed by atoms with Gasteiger partial charge in [0.25, 0.3) is 5.89 Å².